The van der Waals surface area contributed by atoms with Gasteiger partial charge in [-0.15, -0.1) is 0 Å². The molecule has 0 aliphatic carbocycles. The predicted molar refractivity (Wildman–Crippen MR) is 70.6 cm³/mol. The molecule has 0 fully saturated rings. The standard InChI is InChI=1S/C11H8N4O4S/c12-10-7(15(18)19)1-2-8(14-10)20-9-5-6(11(16)17)3-4-13-9/h1-5H,(H2,12,14)(H,16,17). The fourth-order valence-electron chi connectivity index (χ4n) is 1.37. The van der Waals surface area contributed by atoms with E-state index >= 15 is 0 Å². The van der Waals surface area contributed by atoms with Crippen molar-refractivity contribution < 1.29 is 14.8 Å². The number of nitro groups is 1. The third-order valence-corrected chi connectivity index (χ3v) is 3.13. The summed E-state index contributed by atoms with van der Waals surface area (Å²) in [5.74, 6) is -1.26. The summed E-state index contributed by atoms with van der Waals surface area (Å²) >= 11 is 1.07. The Balaban J connectivity index is 2.26. The number of carboxylic acids is 1. The average Bonchev–Trinajstić information content (AvgIpc) is 2.38. The number of rotatable bonds is 4. The second-order valence-electron chi connectivity index (χ2n) is 3.60. The van der Waals surface area contributed by atoms with E-state index in [1.54, 1.807) is 0 Å². The quantitative estimate of drug-likeness (QED) is 0.644. The first-order valence-electron chi connectivity index (χ1n) is 5.25. The van der Waals surface area contributed by atoms with E-state index in [9.17, 15) is 14.9 Å². The van der Waals surface area contributed by atoms with Crippen LogP contribution in [-0.4, -0.2) is 26.0 Å². The van der Waals surface area contributed by atoms with Crippen LogP contribution in [0.5, 0.6) is 0 Å². The first-order chi connectivity index (χ1) is 9.47. The van der Waals surface area contributed by atoms with E-state index in [-0.39, 0.29) is 17.1 Å². The highest BCUT2D eigenvalue weighted by Gasteiger charge is 2.14. The lowest BCUT2D eigenvalue weighted by Gasteiger charge is -2.02. The zero-order chi connectivity index (χ0) is 14.7. The molecule has 0 bridgehead atoms. The molecule has 0 saturated carbocycles. The number of carboxylic acid groups (broad SMARTS) is 1. The summed E-state index contributed by atoms with van der Waals surface area (Å²) < 4.78 is 0. The lowest BCUT2D eigenvalue weighted by atomic mass is 10.3. The molecule has 0 atom stereocenters. The van der Waals surface area contributed by atoms with E-state index in [1.807, 2.05) is 0 Å². The minimum atomic E-state index is -1.06. The van der Waals surface area contributed by atoms with Crippen molar-refractivity contribution in [1.29, 1.82) is 0 Å². The molecule has 102 valence electrons. The molecule has 9 heteroatoms. The van der Waals surface area contributed by atoms with Crippen LogP contribution in [0.25, 0.3) is 0 Å². The topological polar surface area (TPSA) is 132 Å². The summed E-state index contributed by atoms with van der Waals surface area (Å²) in [6.07, 6.45) is 1.36. The zero-order valence-electron chi connectivity index (χ0n) is 9.89. The zero-order valence-corrected chi connectivity index (χ0v) is 10.7. The molecule has 2 aromatic heterocycles. The van der Waals surface area contributed by atoms with Gasteiger partial charge < -0.3 is 10.8 Å². The lowest BCUT2D eigenvalue weighted by molar-refractivity contribution is -0.384. The highest BCUT2D eigenvalue weighted by Crippen LogP contribution is 2.28. The van der Waals surface area contributed by atoms with Crippen LogP contribution in [0.4, 0.5) is 11.5 Å². The molecule has 0 aromatic carbocycles. The van der Waals surface area contributed by atoms with E-state index in [0.29, 0.717) is 10.1 Å². The molecule has 2 rings (SSSR count). The molecular weight excluding hydrogens is 284 g/mol. The first-order valence-corrected chi connectivity index (χ1v) is 6.07. The van der Waals surface area contributed by atoms with Crippen molar-refractivity contribution in [1.82, 2.24) is 9.97 Å². The maximum absolute atomic E-state index is 10.8. The van der Waals surface area contributed by atoms with E-state index in [2.05, 4.69) is 9.97 Å². The smallest absolute Gasteiger partial charge is 0.335 e. The molecular formula is C11H8N4O4S. The molecule has 0 unspecified atom stereocenters. The Labute approximate surface area is 116 Å². The van der Waals surface area contributed by atoms with Crippen LogP contribution in [0.1, 0.15) is 10.4 Å². The van der Waals surface area contributed by atoms with Gasteiger partial charge in [0.15, 0.2) is 0 Å². The van der Waals surface area contributed by atoms with Gasteiger partial charge in [-0.1, -0.05) is 0 Å². The van der Waals surface area contributed by atoms with Gasteiger partial charge in [0, 0.05) is 12.3 Å². The van der Waals surface area contributed by atoms with E-state index in [4.69, 9.17) is 10.8 Å². The fraction of sp³-hybridized carbons (Fsp3) is 0. The molecule has 0 saturated heterocycles. The van der Waals surface area contributed by atoms with E-state index in [0.717, 1.165) is 11.8 Å². The van der Waals surface area contributed by atoms with E-state index in [1.165, 1.54) is 30.5 Å². The van der Waals surface area contributed by atoms with Crippen molar-refractivity contribution in [3.8, 4) is 0 Å². The van der Waals surface area contributed by atoms with Crippen LogP contribution in [-0.2, 0) is 0 Å². The Bertz CT molecular complexity index is 692. The molecule has 2 aromatic rings. The summed E-state index contributed by atoms with van der Waals surface area (Å²) in [5, 5.41) is 20.3. The summed E-state index contributed by atoms with van der Waals surface area (Å²) in [7, 11) is 0. The molecule has 0 radical (unpaired) electrons. The third kappa shape index (κ3) is 3.01. The SMILES string of the molecule is Nc1nc(Sc2cc(C(=O)O)ccn2)ccc1[N+](=O)[O-]. The number of nitrogens with zero attached hydrogens (tertiary/aromatic N) is 3. The summed E-state index contributed by atoms with van der Waals surface area (Å²) in [5.41, 5.74) is 5.29. The Kier molecular flexibility index (Phi) is 3.80. The Hall–Kier alpha value is -2.68. The number of anilines is 1. The van der Waals surface area contributed by atoms with Crippen LogP contribution in [0.2, 0.25) is 0 Å². The van der Waals surface area contributed by atoms with Gasteiger partial charge in [-0.05, 0) is 30.0 Å². The number of hydrogen-bond donors (Lipinski definition) is 2. The van der Waals surface area contributed by atoms with Crippen LogP contribution in [0.3, 0.4) is 0 Å². The molecule has 0 amide bonds. The number of nitrogens with two attached hydrogens (primary N) is 1. The second kappa shape index (κ2) is 5.53. The predicted octanol–water partition coefficient (Wildman–Crippen LogP) is 1.82. The average molecular weight is 292 g/mol. The van der Waals surface area contributed by atoms with Gasteiger partial charge >= 0.3 is 11.7 Å². The minimum absolute atomic E-state index is 0.0948. The largest absolute Gasteiger partial charge is 0.478 e. The Morgan fingerprint density at radius 3 is 2.70 bits per heavy atom. The fourth-order valence-corrected chi connectivity index (χ4v) is 2.16. The minimum Gasteiger partial charge on any atom is -0.478 e. The number of carbonyl (C=O) groups is 1. The van der Waals surface area contributed by atoms with Gasteiger partial charge in [0.1, 0.15) is 10.1 Å². The molecule has 20 heavy (non-hydrogen) atoms. The number of hydrogen-bond acceptors (Lipinski definition) is 7. The highest BCUT2D eigenvalue weighted by atomic mass is 32.2. The molecule has 3 N–H and O–H groups in total. The molecule has 2 heterocycles. The van der Waals surface area contributed by atoms with Crippen molar-refractivity contribution in [2.24, 2.45) is 0 Å². The van der Waals surface area contributed by atoms with Gasteiger partial charge in [0.05, 0.1) is 10.5 Å². The first kappa shape index (κ1) is 13.7. The molecule has 8 nitrogen and oxygen atoms in total. The van der Waals surface area contributed by atoms with Crippen molar-refractivity contribution in [3.63, 3.8) is 0 Å². The van der Waals surface area contributed by atoms with Crippen LogP contribution >= 0.6 is 11.8 Å². The van der Waals surface area contributed by atoms with Crippen molar-refractivity contribution in [2.75, 3.05) is 5.73 Å². The molecule has 0 aliphatic rings. The second-order valence-corrected chi connectivity index (χ2v) is 4.64. The van der Waals surface area contributed by atoms with Crippen LogP contribution in [0.15, 0.2) is 40.5 Å². The number of nitrogen functional groups attached to an aromatic ring is 1. The normalized spacial score (nSPS) is 10.2. The van der Waals surface area contributed by atoms with Crippen LogP contribution in [0, 0.1) is 10.1 Å². The van der Waals surface area contributed by atoms with Gasteiger partial charge in [-0.3, -0.25) is 10.1 Å². The number of pyridine rings is 2. The summed E-state index contributed by atoms with van der Waals surface area (Å²) in [6, 6.07) is 5.41. The summed E-state index contributed by atoms with van der Waals surface area (Å²) in [4.78, 5) is 28.7. The number of aromatic nitrogens is 2. The monoisotopic (exact) mass is 292 g/mol. The Morgan fingerprint density at radius 2 is 2.10 bits per heavy atom. The van der Waals surface area contributed by atoms with Gasteiger partial charge in [-0.25, -0.2) is 14.8 Å². The van der Waals surface area contributed by atoms with Crippen molar-refractivity contribution in [2.45, 2.75) is 10.1 Å². The van der Waals surface area contributed by atoms with Crippen molar-refractivity contribution in [3.05, 3.63) is 46.1 Å². The van der Waals surface area contributed by atoms with E-state index < -0.39 is 10.9 Å². The molecule has 0 spiro atoms. The van der Waals surface area contributed by atoms with Crippen molar-refractivity contribution >= 4 is 29.2 Å². The maximum Gasteiger partial charge on any atom is 0.335 e. The lowest BCUT2D eigenvalue weighted by Crippen LogP contribution is -1.99. The van der Waals surface area contributed by atoms with Crippen LogP contribution < -0.4 is 5.73 Å². The molecule has 0 aliphatic heterocycles. The third-order valence-electron chi connectivity index (χ3n) is 2.26. The van der Waals surface area contributed by atoms with Gasteiger partial charge in [0.25, 0.3) is 0 Å². The van der Waals surface area contributed by atoms with Gasteiger partial charge in [0.2, 0.25) is 5.82 Å². The van der Waals surface area contributed by atoms with Gasteiger partial charge in [-0.2, -0.15) is 0 Å². The Morgan fingerprint density at radius 1 is 1.35 bits per heavy atom. The maximum atomic E-state index is 10.8. The number of aromatic carboxylic acids is 1. The summed E-state index contributed by atoms with van der Waals surface area (Å²) in [6.45, 7) is 0. The highest BCUT2D eigenvalue weighted by molar-refractivity contribution is 7.99.